The van der Waals surface area contributed by atoms with Crippen LogP contribution in [0, 0.1) is 11.6 Å². The van der Waals surface area contributed by atoms with Crippen LogP contribution in [0.5, 0.6) is 0 Å². The highest BCUT2D eigenvalue weighted by atomic mass is 19.4. The van der Waals surface area contributed by atoms with E-state index >= 15 is 0 Å². The number of benzene rings is 1. The number of hydrogen-bond acceptors (Lipinski definition) is 2. The Hall–Kier alpha value is -1.21. The van der Waals surface area contributed by atoms with E-state index in [1.807, 2.05) is 0 Å². The van der Waals surface area contributed by atoms with E-state index in [0.29, 0.717) is 0 Å². The smallest absolute Gasteiger partial charge is 0.323 e. The molecule has 0 heterocycles. The topological polar surface area (TPSA) is 29.3 Å². The van der Waals surface area contributed by atoms with Crippen molar-refractivity contribution in [2.75, 3.05) is 19.6 Å². The SMILES string of the molecule is CCN(CC(N)c1cccc(F)c1F)CC(F)(F)F. The second kappa shape index (κ2) is 6.29. The lowest BCUT2D eigenvalue weighted by atomic mass is 10.1. The van der Waals surface area contributed by atoms with Gasteiger partial charge in [-0.25, -0.2) is 8.78 Å². The van der Waals surface area contributed by atoms with E-state index in [9.17, 15) is 22.0 Å². The summed E-state index contributed by atoms with van der Waals surface area (Å²) >= 11 is 0. The summed E-state index contributed by atoms with van der Waals surface area (Å²) in [6.45, 7) is 0.328. The van der Waals surface area contributed by atoms with Crippen LogP contribution >= 0.6 is 0 Å². The Morgan fingerprint density at radius 1 is 1.26 bits per heavy atom. The van der Waals surface area contributed by atoms with Crippen molar-refractivity contribution < 1.29 is 22.0 Å². The lowest BCUT2D eigenvalue weighted by Crippen LogP contribution is -2.39. The van der Waals surface area contributed by atoms with Crippen molar-refractivity contribution in [3.63, 3.8) is 0 Å². The quantitative estimate of drug-likeness (QED) is 0.841. The highest BCUT2D eigenvalue weighted by Crippen LogP contribution is 2.21. The second-order valence-electron chi connectivity index (χ2n) is 4.19. The third kappa shape index (κ3) is 4.76. The molecule has 0 radical (unpaired) electrons. The lowest BCUT2D eigenvalue weighted by Gasteiger charge is -2.25. The third-order valence-electron chi connectivity index (χ3n) is 2.69. The highest BCUT2D eigenvalue weighted by Gasteiger charge is 2.31. The van der Waals surface area contributed by atoms with E-state index in [1.54, 1.807) is 6.92 Å². The summed E-state index contributed by atoms with van der Waals surface area (Å²) < 4.78 is 63.3. The first-order chi connectivity index (χ1) is 8.74. The molecule has 1 unspecified atom stereocenters. The van der Waals surface area contributed by atoms with E-state index in [0.717, 1.165) is 11.0 Å². The van der Waals surface area contributed by atoms with Crippen LogP contribution < -0.4 is 5.73 Å². The van der Waals surface area contributed by atoms with E-state index in [2.05, 4.69) is 0 Å². The predicted octanol–water partition coefficient (Wildman–Crippen LogP) is 2.85. The van der Waals surface area contributed by atoms with Gasteiger partial charge in [-0.1, -0.05) is 19.1 Å². The fraction of sp³-hybridized carbons (Fsp3) is 0.500. The Kier molecular flexibility index (Phi) is 5.25. The maximum atomic E-state index is 13.4. The number of likely N-dealkylation sites (N-methyl/N-ethyl adjacent to an activating group) is 1. The molecule has 1 aromatic rings. The molecule has 2 nitrogen and oxygen atoms in total. The number of halogens is 5. The maximum absolute atomic E-state index is 13.4. The Balaban J connectivity index is 2.77. The van der Waals surface area contributed by atoms with Gasteiger partial charge in [-0.2, -0.15) is 13.2 Å². The fourth-order valence-corrected chi connectivity index (χ4v) is 1.74. The van der Waals surface area contributed by atoms with Crippen LogP contribution in [0.25, 0.3) is 0 Å². The number of nitrogens with two attached hydrogens (primary N) is 1. The van der Waals surface area contributed by atoms with E-state index < -0.39 is 30.4 Å². The molecule has 1 rings (SSSR count). The van der Waals surface area contributed by atoms with Crippen molar-refractivity contribution in [3.8, 4) is 0 Å². The van der Waals surface area contributed by atoms with Gasteiger partial charge in [0.05, 0.1) is 6.54 Å². The predicted molar refractivity (Wildman–Crippen MR) is 61.5 cm³/mol. The Morgan fingerprint density at radius 3 is 2.42 bits per heavy atom. The van der Waals surface area contributed by atoms with Crippen LogP contribution in [0.1, 0.15) is 18.5 Å². The van der Waals surface area contributed by atoms with Crippen LogP contribution in [0.2, 0.25) is 0 Å². The van der Waals surface area contributed by atoms with Gasteiger partial charge in [0.1, 0.15) is 0 Å². The van der Waals surface area contributed by atoms with Gasteiger partial charge in [-0.3, -0.25) is 4.90 Å². The van der Waals surface area contributed by atoms with Crippen molar-refractivity contribution >= 4 is 0 Å². The fourth-order valence-electron chi connectivity index (χ4n) is 1.74. The summed E-state index contributed by atoms with van der Waals surface area (Å²) in [7, 11) is 0. The average Bonchev–Trinajstić information content (AvgIpc) is 2.29. The van der Waals surface area contributed by atoms with Gasteiger partial charge in [0, 0.05) is 18.2 Å². The van der Waals surface area contributed by atoms with Crippen LogP contribution in [0.15, 0.2) is 18.2 Å². The largest absolute Gasteiger partial charge is 0.401 e. The highest BCUT2D eigenvalue weighted by molar-refractivity contribution is 5.22. The maximum Gasteiger partial charge on any atom is 0.401 e. The first-order valence-corrected chi connectivity index (χ1v) is 5.73. The summed E-state index contributed by atoms with van der Waals surface area (Å²) in [6, 6.07) is 2.45. The molecule has 0 saturated heterocycles. The van der Waals surface area contributed by atoms with Gasteiger partial charge >= 0.3 is 6.18 Å². The average molecular weight is 282 g/mol. The van der Waals surface area contributed by atoms with Gasteiger partial charge in [-0.05, 0) is 12.6 Å². The van der Waals surface area contributed by atoms with Crippen molar-refractivity contribution in [2.45, 2.75) is 19.1 Å². The molecular formula is C12H15F5N2. The summed E-state index contributed by atoms with van der Waals surface area (Å²) in [5.41, 5.74) is 5.52. The molecule has 19 heavy (non-hydrogen) atoms. The number of alkyl halides is 3. The van der Waals surface area contributed by atoms with Crippen molar-refractivity contribution in [1.82, 2.24) is 4.90 Å². The van der Waals surface area contributed by atoms with Gasteiger partial charge in [-0.15, -0.1) is 0 Å². The minimum atomic E-state index is -4.35. The second-order valence-corrected chi connectivity index (χ2v) is 4.19. The van der Waals surface area contributed by atoms with Crippen LogP contribution in [0.4, 0.5) is 22.0 Å². The molecule has 7 heteroatoms. The molecular weight excluding hydrogens is 267 g/mol. The standard InChI is InChI=1S/C12H15F5N2/c1-2-19(7-12(15,16)17)6-10(18)8-4-3-5-9(13)11(8)14/h3-5,10H,2,6-7,18H2,1H3. The summed E-state index contributed by atoms with van der Waals surface area (Å²) in [6.07, 6.45) is -4.35. The molecule has 0 spiro atoms. The zero-order chi connectivity index (χ0) is 14.6. The molecule has 0 fully saturated rings. The normalized spacial score (nSPS) is 13.9. The van der Waals surface area contributed by atoms with Crippen molar-refractivity contribution in [3.05, 3.63) is 35.4 Å². The molecule has 0 aliphatic carbocycles. The zero-order valence-corrected chi connectivity index (χ0v) is 10.3. The van der Waals surface area contributed by atoms with Gasteiger partial charge in [0.2, 0.25) is 0 Å². The van der Waals surface area contributed by atoms with Crippen molar-refractivity contribution in [1.29, 1.82) is 0 Å². The molecule has 0 aliphatic heterocycles. The van der Waals surface area contributed by atoms with Crippen LogP contribution in [0.3, 0.4) is 0 Å². The molecule has 1 atom stereocenters. The molecule has 0 amide bonds. The molecule has 0 aromatic heterocycles. The number of hydrogen-bond donors (Lipinski definition) is 1. The summed E-state index contributed by atoms with van der Waals surface area (Å²) in [5.74, 6) is -2.18. The Bertz CT molecular complexity index is 419. The molecule has 108 valence electrons. The van der Waals surface area contributed by atoms with Crippen molar-refractivity contribution in [2.24, 2.45) is 5.73 Å². The van der Waals surface area contributed by atoms with E-state index in [1.165, 1.54) is 12.1 Å². The van der Waals surface area contributed by atoms with Crippen LogP contribution in [-0.4, -0.2) is 30.7 Å². The lowest BCUT2D eigenvalue weighted by molar-refractivity contribution is -0.145. The first kappa shape index (κ1) is 15.8. The molecule has 0 bridgehead atoms. The molecule has 1 aromatic carbocycles. The number of nitrogens with zero attached hydrogens (tertiary/aromatic N) is 1. The molecule has 2 N–H and O–H groups in total. The van der Waals surface area contributed by atoms with E-state index in [4.69, 9.17) is 5.73 Å². The van der Waals surface area contributed by atoms with Gasteiger partial charge in [0.15, 0.2) is 11.6 Å². The first-order valence-electron chi connectivity index (χ1n) is 5.73. The Morgan fingerprint density at radius 2 is 1.89 bits per heavy atom. The zero-order valence-electron chi connectivity index (χ0n) is 10.3. The molecule has 0 aliphatic rings. The van der Waals surface area contributed by atoms with Gasteiger partial charge in [0.25, 0.3) is 0 Å². The monoisotopic (exact) mass is 282 g/mol. The summed E-state index contributed by atoms with van der Waals surface area (Å²) in [5, 5.41) is 0. The minimum absolute atomic E-state index is 0.115. The Labute approximate surface area is 108 Å². The van der Waals surface area contributed by atoms with E-state index in [-0.39, 0.29) is 18.7 Å². The summed E-state index contributed by atoms with van der Waals surface area (Å²) in [4.78, 5) is 1.04. The minimum Gasteiger partial charge on any atom is -0.323 e. The number of rotatable bonds is 5. The third-order valence-corrected chi connectivity index (χ3v) is 2.69. The van der Waals surface area contributed by atoms with Gasteiger partial charge < -0.3 is 5.73 Å². The van der Waals surface area contributed by atoms with Crippen LogP contribution in [-0.2, 0) is 0 Å². The molecule has 0 saturated carbocycles.